The van der Waals surface area contributed by atoms with Crippen LogP contribution in [0, 0.1) is 0 Å². The van der Waals surface area contributed by atoms with Gasteiger partial charge < -0.3 is 0 Å². The number of hydrogen-bond acceptors (Lipinski definition) is 2. The summed E-state index contributed by atoms with van der Waals surface area (Å²) in [5, 5.41) is 2.00. The third-order valence-electron chi connectivity index (χ3n) is 0.625. The average Bonchev–Trinajstić information content (AvgIpc) is 1.85. The largest absolute Gasteiger partial charge is 0.132 e. The molecule has 0 aliphatic heterocycles. The third-order valence-corrected chi connectivity index (χ3v) is 2.76. The molecule has 3 heteroatoms. The highest BCUT2D eigenvalue weighted by Gasteiger charge is 1.87. The average molecular weight is 183 g/mol. The summed E-state index contributed by atoms with van der Waals surface area (Å²) in [6.07, 6.45) is 0. The quantitative estimate of drug-likeness (QED) is 0.653. The van der Waals surface area contributed by atoms with E-state index in [4.69, 9.17) is 11.6 Å². The van der Waals surface area contributed by atoms with Gasteiger partial charge in [-0.2, -0.15) is 0 Å². The Labute approximate surface area is 70.4 Å². The van der Waals surface area contributed by atoms with Gasteiger partial charge in [-0.05, 0) is 16.9 Å². The minimum Gasteiger partial charge on any atom is -0.132 e. The van der Waals surface area contributed by atoms with Gasteiger partial charge in [0.1, 0.15) is 0 Å². The molecule has 0 spiro atoms. The van der Waals surface area contributed by atoms with Crippen molar-refractivity contribution in [1.29, 1.82) is 0 Å². The second kappa shape index (κ2) is 6.84. The Bertz CT molecular complexity index is 91.1. The fourth-order valence-corrected chi connectivity index (χ4v) is 1.89. The van der Waals surface area contributed by atoms with E-state index in [0.717, 1.165) is 15.9 Å². The van der Waals surface area contributed by atoms with E-state index in [1.165, 1.54) is 0 Å². The summed E-state index contributed by atoms with van der Waals surface area (Å²) in [7, 11) is 0. The van der Waals surface area contributed by atoms with Crippen LogP contribution < -0.4 is 0 Å². The highest BCUT2D eigenvalue weighted by atomic mass is 35.5. The van der Waals surface area contributed by atoms with Gasteiger partial charge in [0.25, 0.3) is 0 Å². The van der Waals surface area contributed by atoms with Gasteiger partial charge in [0.15, 0.2) is 0 Å². The molecule has 9 heavy (non-hydrogen) atoms. The monoisotopic (exact) mass is 182 g/mol. The van der Waals surface area contributed by atoms with E-state index in [2.05, 4.69) is 13.8 Å². The molecule has 0 N–H and O–H groups in total. The summed E-state index contributed by atoms with van der Waals surface area (Å²) in [6, 6.07) is 0. The summed E-state index contributed by atoms with van der Waals surface area (Å²) >= 11 is 9.18. The van der Waals surface area contributed by atoms with E-state index in [-0.39, 0.29) is 0 Å². The molecule has 0 amide bonds. The molecule has 0 aliphatic carbocycles. The highest BCUT2D eigenvalue weighted by Crippen LogP contribution is 2.22. The maximum Gasteiger partial charge on any atom is 0.0797 e. The van der Waals surface area contributed by atoms with Crippen molar-refractivity contribution in [2.24, 2.45) is 0 Å². The molecule has 0 heterocycles. The van der Waals surface area contributed by atoms with Crippen LogP contribution >= 0.6 is 35.1 Å². The van der Waals surface area contributed by atoms with Crippen molar-refractivity contribution in [3.8, 4) is 0 Å². The molecule has 0 aromatic heterocycles. The van der Waals surface area contributed by atoms with Crippen molar-refractivity contribution in [3.63, 3.8) is 0 Å². The minimum atomic E-state index is 0.907. The first-order valence-electron chi connectivity index (χ1n) is 2.91. The number of halogens is 1. The Hall–Kier alpha value is 0.730. The van der Waals surface area contributed by atoms with Crippen molar-refractivity contribution in [2.75, 3.05) is 11.5 Å². The zero-order chi connectivity index (χ0) is 7.11. The Morgan fingerprint density at radius 3 is 2.56 bits per heavy atom. The van der Waals surface area contributed by atoms with Gasteiger partial charge in [-0.15, -0.1) is 23.5 Å². The van der Waals surface area contributed by atoms with Crippen LogP contribution in [0.1, 0.15) is 13.8 Å². The summed E-state index contributed by atoms with van der Waals surface area (Å²) in [4.78, 5) is 0. The second-order valence-electron chi connectivity index (χ2n) is 1.31. The molecule has 0 rings (SSSR count). The Balaban J connectivity index is 3.30. The third kappa shape index (κ3) is 6.62. The first-order chi connectivity index (χ1) is 4.31. The van der Waals surface area contributed by atoms with E-state index in [1.807, 2.05) is 5.41 Å². The zero-order valence-corrected chi connectivity index (χ0v) is 8.07. The van der Waals surface area contributed by atoms with Gasteiger partial charge in [-0.3, -0.25) is 0 Å². The second-order valence-corrected chi connectivity index (χ2v) is 4.39. The molecule has 0 aromatic rings. The standard InChI is InChI=1S/C6H11ClS2/c1-3-8-5-6(7)9-4-2/h5H,3-4H2,1-2H3/b6-5-. The van der Waals surface area contributed by atoms with E-state index < -0.39 is 0 Å². The predicted octanol–water partition coefficient (Wildman–Crippen LogP) is 3.53. The first kappa shape index (κ1) is 9.73. The van der Waals surface area contributed by atoms with Crippen LogP contribution in [0.2, 0.25) is 0 Å². The van der Waals surface area contributed by atoms with Crippen molar-refractivity contribution >= 4 is 35.1 Å². The molecular weight excluding hydrogens is 172 g/mol. The first-order valence-corrected chi connectivity index (χ1v) is 5.32. The van der Waals surface area contributed by atoms with E-state index in [9.17, 15) is 0 Å². The molecule has 0 saturated carbocycles. The lowest BCUT2D eigenvalue weighted by Crippen LogP contribution is -1.65. The summed E-state index contributed by atoms with van der Waals surface area (Å²) in [5.74, 6) is 2.15. The molecule has 0 radical (unpaired) electrons. The Morgan fingerprint density at radius 1 is 1.44 bits per heavy atom. The number of thioether (sulfide) groups is 2. The molecule has 0 saturated heterocycles. The molecule has 0 aromatic carbocycles. The minimum absolute atomic E-state index is 0.907. The molecule has 54 valence electrons. The van der Waals surface area contributed by atoms with E-state index in [0.29, 0.717) is 0 Å². The fourth-order valence-electron chi connectivity index (χ4n) is 0.321. The summed E-state index contributed by atoms with van der Waals surface area (Å²) in [6.45, 7) is 4.21. The van der Waals surface area contributed by atoms with Crippen LogP contribution in [0.3, 0.4) is 0 Å². The van der Waals surface area contributed by atoms with Crippen LogP contribution in [0.15, 0.2) is 9.77 Å². The fraction of sp³-hybridized carbons (Fsp3) is 0.667. The van der Waals surface area contributed by atoms with Crippen molar-refractivity contribution in [3.05, 3.63) is 9.77 Å². The topological polar surface area (TPSA) is 0 Å². The predicted molar refractivity (Wildman–Crippen MR) is 50.2 cm³/mol. The lowest BCUT2D eigenvalue weighted by atomic mass is 11.0. The van der Waals surface area contributed by atoms with Crippen molar-refractivity contribution in [2.45, 2.75) is 13.8 Å². The van der Waals surface area contributed by atoms with Crippen molar-refractivity contribution < 1.29 is 0 Å². The Kier molecular flexibility index (Phi) is 7.40. The van der Waals surface area contributed by atoms with Crippen LogP contribution in [0.5, 0.6) is 0 Å². The van der Waals surface area contributed by atoms with Gasteiger partial charge in [0.05, 0.1) is 4.36 Å². The van der Waals surface area contributed by atoms with E-state index >= 15 is 0 Å². The lowest BCUT2D eigenvalue weighted by Gasteiger charge is -1.91. The molecular formula is C6H11ClS2. The van der Waals surface area contributed by atoms with Gasteiger partial charge in [-0.1, -0.05) is 25.4 Å². The van der Waals surface area contributed by atoms with Crippen molar-refractivity contribution in [1.82, 2.24) is 0 Å². The number of hydrogen-bond donors (Lipinski definition) is 0. The smallest absolute Gasteiger partial charge is 0.0797 e. The molecule has 0 fully saturated rings. The van der Waals surface area contributed by atoms with Gasteiger partial charge in [0.2, 0.25) is 0 Å². The normalized spacial score (nSPS) is 12.1. The van der Waals surface area contributed by atoms with Crippen LogP contribution in [0.4, 0.5) is 0 Å². The summed E-state index contributed by atoms with van der Waals surface area (Å²) in [5.41, 5.74) is 0. The summed E-state index contributed by atoms with van der Waals surface area (Å²) < 4.78 is 0.907. The molecule has 0 nitrogen and oxygen atoms in total. The van der Waals surface area contributed by atoms with Crippen LogP contribution in [-0.2, 0) is 0 Å². The van der Waals surface area contributed by atoms with Crippen LogP contribution in [-0.4, -0.2) is 11.5 Å². The Morgan fingerprint density at radius 2 is 2.11 bits per heavy atom. The lowest BCUT2D eigenvalue weighted by molar-refractivity contribution is 1.53. The molecule has 0 atom stereocenters. The highest BCUT2D eigenvalue weighted by molar-refractivity contribution is 8.07. The maximum atomic E-state index is 5.76. The maximum absolute atomic E-state index is 5.76. The van der Waals surface area contributed by atoms with Crippen LogP contribution in [0.25, 0.3) is 0 Å². The molecule has 0 unspecified atom stereocenters. The van der Waals surface area contributed by atoms with Gasteiger partial charge in [-0.25, -0.2) is 0 Å². The van der Waals surface area contributed by atoms with Gasteiger partial charge >= 0.3 is 0 Å². The molecule has 0 aliphatic rings. The SMILES string of the molecule is CCS/C=C(/Cl)SCC. The van der Waals surface area contributed by atoms with Gasteiger partial charge in [0, 0.05) is 0 Å². The number of rotatable bonds is 4. The van der Waals surface area contributed by atoms with E-state index in [1.54, 1.807) is 23.5 Å². The zero-order valence-electron chi connectivity index (χ0n) is 5.69. The molecule has 0 bridgehead atoms.